The Morgan fingerprint density at radius 2 is 1.53 bits per heavy atom. The number of anilines is 1. The Labute approximate surface area is 249 Å². The van der Waals surface area contributed by atoms with Crippen molar-refractivity contribution in [2.75, 3.05) is 26.1 Å². The normalized spacial score (nSPS) is 18.3. The van der Waals surface area contributed by atoms with Crippen LogP contribution in [-0.2, 0) is 26.4 Å². The van der Waals surface area contributed by atoms with Crippen LogP contribution in [0, 0.1) is 0 Å². The van der Waals surface area contributed by atoms with Gasteiger partial charge < -0.3 is 29.4 Å². The fourth-order valence-corrected chi connectivity index (χ4v) is 5.40. The molecule has 0 bridgehead atoms. The third-order valence-corrected chi connectivity index (χ3v) is 7.52. The second-order valence-corrected chi connectivity index (χ2v) is 10.3. The number of ether oxygens (including phenoxy) is 4. The number of hydrogen-bond acceptors (Lipinski definition) is 8. The van der Waals surface area contributed by atoms with Crippen molar-refractivity contribution < 1.29 is 28.8 Å². The molecular weight excluding hydrogens is 550 g/mol. The van der Waals surface area contributed by atoms with Crippen LogP contribution in [-0.4, -0.2) is 59.7 Å². The summed E-state index contributed by atoms with van der Waals surface area (Å²) >= 11 is 0. The number of carbonyl (C=O) groups is 1. The van der Waals surface area contributed by atoms with Crippen LogP contribution >= 0.6 is 0 Å². The first-order valence-electron chi connectivity index (χ1n) is 14.0. The lowest BCUT2D eigenvalue weighted by Gasteiger charge is -2.37. The second-order valence-electron chi connectivity index (χ2n) is 10.3. The van der Waals surface area contributed by atoms with Crippen molar-refractivity contribution in [2.45, 2.75) is 43.8 Å². The van der Waals surface area contributed by atoms with Crippen molar-refractivity contribution >= 4 is 11.7 Å². The van der Waals surface area contributed by atoms with E-state index in [1.54, 1.807) is 26.5 Å². The second kappa shape index (κ2) is 13.2. The molecule has 1 fully saturated rings. The van der Waals surface area contributed by atoms with E-state index in [1.807, 2.05) is 78.9 Å². The molecule has 2 N–H and O–H groups in total. The molecule has 3 aromatic carbocycles. The van der Waals surface area contributed by atoms with E-state index in [9.17, 15) is 14.7 Å². The molecule has 4 aromatic rings. The maximum Gasteiger partial charge on any atom is 0.349 e. The lowest BCUT2D eigenvalue weighted by atomic mass is 9.80. The molecule has 0 radical (unpaired) electrons. The molecule has 2 heterocycles. The molecule has 10 nitrogen and oxygen atoms in total. The average molecular weight is 586 g/mol. The van der Waals surface area contributed by atoms with Crippen molar-refractivity contribution in [3.8, 4) is 11.5 Å². The molecule has 0 saturated carbocycles. The topological polar surface area (TPSA) is 121 Å². The molecular formula is C33H35N3O7. The van der Waals surface area contributed by atoms with Gasteiger partial charge in [0.1, 0.15) is 29.0 Å². The Bertz CT molecular complexity index is 1530. The molecule has 5 rings (SSSR count). The quantitative estimate of drug-likeness (QED) is 0.256. The number of nitrogens with zero attached hydrogens (tertiary/aromatic N) is 2. The highest BCUT2D eigenvalue weighted by atomic mass is 16.6. The smallest absolute Gasteiger partial charge is 0.349 e. The van der Waals surface area contributed by atoms with Gasteiger partial charge in [-0.2, -0.15) is 4.98 Å². The third kappa shape index (κ3) is 6.61. The number of hydrogen-bond donors (Lipinski definition) is 2. The molecule has 1 aliphatic heterocycles. The summed E-state index contributed by atoms with van der Waals surface area (Å²) in [6.45, 7) is 1.61. The van der Waals surface area contributed by atoms with Gasteiger partial charge in [0.15, 0.2) is 0 Å². The number of benzene rings is 3. The van der Waals surface area contributed by atoms with Crippen molar-refractivity contribution in [3.63, 3.8) is 0 Å². The van der Waals surface area contributed by atoms with E-state index in [-0.39, 0.29) is 24.9 Å². The van der Waals surface area contributed by atoms with E-state index in [0.717, 1.165) is 16.7 Å². The van der Waals surface area contributed by atoms with Crippen LogP contribution in [0.4, 0.5) is 5.82 Å². The van der Waals surface area contributed by atoms with E-state index in [1.165, 1.54) is 11.5 Å². The molecule has 224 valence electrons. The summed E-state index contributed by atoms with van der Waals surface area (Å²) < 4.78 is 25.3. The number of nitrogens with one attached hydrogen (secondary N) is 1. The van der Waals surface area contributed by atoms with Gasteiger partial charge in [-0.3, -0.25) is 9.36 Å². The van der Waals surface area contributed by atoms with E-state index in [0.29, 0.717) is 17.9 Å². The number of amides is 1. The number of carbonyl (C=O) groups excluding carboxylic acids is 1. The van der Waals surface area contributed by atoms with Crippen molar-refractivity contribution in [1.82, 2.24) is 9.55 Å². The first kappa shape index (κ1) is 30.0. The summed E-state index contributed by atoms with van der Waals surface area (Å²) in [5.41, 5.74) is 1.05. The maximum atomic E-state index is 12.5. The van der Waals surface area contributed by atoms with Crippen LogP contribution in [0.5, 0.6) is 11.5 Å². The van der Waals surface area contributed by atoms with E-state index in [2.05, 4.69) is 10.3 Å². The molecule has 3 atom stereocenters. The Morgan fingerprint density at radius 1 is 0.953 bits per heavy atom. The third-order valence-electron chi connectivity index (χ3n) is 7.52. The molecule has 1 amide bonds. The minimum atomic E-state index is -1.05. The van der Waals surface area contributed by atoms with Crippen molar-refractivity contribution in [1.29, 1.82) is 0 Å². The fourth-order valence-electron chi connectivity index (χ4n) is 5.40. The molecule has 0 aliphatic carbocycles. The van der Waals surface area contributed by atoms with Gasteiger partial charge in [0.25, 0.3) is 0 Å². The van der Waals surface area contributed by atoms with E-state index < -0.39 is 29.6 Å². The van der Waals surface area contributed by atoms with Gasteiger partial charge in [0.2, 0.25) is 5.91 Å². The molecule has 10 heteroatoms. The van der Waals surface area contributed by atoms with E-state index >= 15 is 0 Å². The highest BCUT2D eigenvalue weighted by Gasteiger charge is 2.41. The van der Waals surface area contributed by atoms with Crippen LogP contribution in [0.1, 0.15) is 30.0 Å². The van der Waals surface area contributed by atoms with Crippen LogP contribution in [0.15, 0.2) is 95.9 Å². The summed E-state index contributed by atoms with van der Waals surface area (Å²) in [6, 6.07) is 26.9. The summed E-state index contributed by atoms with van der Waals surface area (Å²) in [6.07, 6.45) is -0.0344. The van der Waals surface area contributed by atoms with Gasteiger partial charge >= 0.3 is 5.69 Å². The summed E-state index contributed by atoms with van der Waals surface area (Å²) in [4.78, 5) is 27.7. The Morgan fingerprint density at radius 3 is 2.07 bits per heavy atom. The molecule has 1 aliphatic rings. The Balaban J connectivity index is 1.43. The minimum absolute atomic E-state index is 0.0687. The lowest BCUT2D eigenvalue weighted by Crippen LogP contribution is -2.38. The van der Waals surface area contributed by atoms with Gasteiger partial charge in [-0.15, -0.1) is 0 Å². The largest absolute Gasteiger partial charge is 0.497 e. The standard InChI is InChI=1S/C33H35N3O7/c1-22(37)34-31-17-18-36(32(39)35-31)20-28-19-29(38)30(43-28)21-42-33(23-7-5-4-6-8-23,24-9-13-26(40-2)14-10-24)25-11-15-27(41-3)16-12-25/h4-18,28-30,38H,19-21H2,1-3H3,(H,34,35,37,39)/t28-,29+,30-/m1/s1. The Hall–Kier alpha value is -4.51. The first-order valence-corrected chi connectivity index (χ1v) is 14.0. The predicted octanol–water partition coefficient (Wildman–Crippen LogP) is 3.75. The monoisotopic (exact) mass is 585 g/mol. The van der Waals surface area contributed by atoms with Gasteiger partial charge in [-0.05, 0) is 47.0 Å². The number of aliphatic hydroxyl groups is 1. The summed E-state index contributed by atoms with van der Waals surface area (Å²) in [7, 11) is 3.24. The molecule has 0 spiro atoms. The predicted molar refractivity (Wildman–Crippen MR) is 160 cm³/mol. The van der Waals surface area contributed by atoms with Crippen molar-refractivity contribution in [3.05, 3.63) is 118 Å². The highest BCUT2D eigenvalue weighted by molar-refractivity contribution is 5.87. The zero-order valence-electron chi connectivity index (χ0n) is 24.3. The minimum Gasteiger partial charge on any atom is -0.497 e. The fraction of sp³-hybridized carbons (Fsp3) is 0.303. The Kier molecular flexibility index (Phi) is 9.20. The molecule has 0 unspecified atom stereocenters. The van der Waals surface area contributed by atoms with Crippen LogP contribution in [0.2, 0.25) is 0 Å². The van der Waals surface area contributed by atoms with Crippen LogP contribution < -0.4 is 20.5 Å². The highest BCUT2D eigenvalue weighted by Crippen LogP contribution is 2.42. The first-order chi connectivity index (χ1) is 20.8. The zero-order chi connectivity index (χ0) is 30.4. The summed E-state index contributed by atoms with van der Waals surface area (Å²) in [5, 5.41) is 13.5. The maximum absolute atomic E-state index is 12.5. The lowest BCUT2D eigenvalue weighted by molar-refractivity contribution is -0.114. The average Bonchev–Trinajstić information content (AvgIpc) is 3.38. The number of rotatable bonds is 11. The van der Waals surface area contributed by atoms with Gasteiger partial charge in [0.05, 0.1) is 39.6 Å². The van der Waals surface area contributed by atoms with E-state index in [4.69, 9.17) is 18.9 Å². The van der Waals surface area contributed by atoms with Crippen molar-refractivity contribution in [2.24, 2.45) is 0 Å². The number of methoxy groups -OCH3 is 2. The number of aromatic nitrogens is 2. The zero-order valence-corrected chi connectivity index (χ0v) is 24.3. The molecule has 43 heavy (non-hydrogen) atoms. The molecule has 1 saturated heterocycles. The van der Waals surface area contributed by atoms with Gasteiger partial charge in [0, 0.05) is 19.5 Å². The molecule has 1 aromatic heterocycles. The number of aliphatic hydroxyl groups excluding tert-OH is 1. The summed E-state index contributed by atoms with van der Waals surface area (Å²) in [5.74, 6) is 1.30. The van der Waals surface area contributed by atoms with Gasteiger partial charge in [-0.1, -0.05) is 54.6 Å². The van der Waals surface area contributed by atoms with Gasteiger partial charge in [-0.25, -0.2) is 4.79 Å². The SMILES string of the molecule is COc1ccc(C(OC[C@H]2O[C@@H](Cn3ccc(NC(C)=O)nc3=O)C[C@@H]2O)(c2ccccc2)c2ccc(OC)cc2)cc1. The van der Waals surface area contributed by atoms with Crippen LogP contribution in [0.3, 0.4) is 0 Å². The van der Waals surface area contributed by atoms with Crippen LogP contribution in [0.25, 0.3) is 0 Å².